The van der Waals surface area contributed by atoms with Crippen LogP contribution in [0.4, 0.5) is 8.78 Å². The Balaban J connectivity index is 1.68. The number of carbonyl (C=O) groups excluding carboxylic acids is 3. The van der Waals surface area contributed by atoms with Gasteiger partial charge in [0.1, 0.15) is 6.04 Å². The van der Waals surface area contributed by atoms with Crippen molar-refractivity contribution in [2.24, 2.45) is 11.8 Å². The average Bonchev–Trinajstić information content (AvgIpc) is 3.16. The Bertz CT molecular complexity index is 1030. The van der Waals surface area contributed by atoms with Gasteiger partial charge in [-0.15, -0.1) is 0 Å². The minimum Gasteiger partial charge on any atom is -0.466 e. The van der Waals surface area contributed by atoms with Gasteiger partial charge in [-0.2, -0.15) is 0 Å². The van der Waals surface area contributed by atoms with E-state index >= 15 is 0 Å². The van der Waals surface area contributed by atoms with Crippen molar-refractivity contribution in [1.29, 1.82) is 0 Å². The summed E-state index contributed by atoms with van der Waals surface area (Å²) in [6.07, 6.45) is 2.45. The fraction of sp³-hybridized carbons (Fsp3) is 0.565. The number of benzene rings is 1. The van der Waals surface area contributed by atoms with Crippen LogP contribution >= 0.6 is 0 Å². The minimum atomic E-state index is -1.02. The first-order valence-electron chi connectivity index (χ1n) is 11.1. The number of fused-ring (bicyclic) bond motifs is 1. The van der Waals surface area contributed by atoms with Crippen molar-refractivity contribution in [3.05, 3.63) is 30.1 Å². The third kappa shape index (κ3) is 5.31. The number of hydrogen-bond donors (Lipinski definition) is 0. The Hall–Kier alpha value is -3.04. The van der Waals surface area contributed by atoms with Gasteiger partial charge < -0.3 is 19.1 Å². The van der Waals surface area contributed by atoms with E-state index < -0.39 is 17.7 Å². The van der Waals surface area contributed by atoms with Crippen molar-refractivity contribution < 1.29 is 27.9 Å². The number of likely N-dealkylation sites (tertiary alicyclic amines) is 1. The van der Waals surface area contributed by atoms with E-state index in [1.54, 1.807) is 18.9 Å². The van der Waals surface area contributed by atoms with E-state index in [1.165, 1.54) is 15.8 Å². The third-order valence-electron chi connectivity index (χ3n) is 6.02. The number of imidazole rings is 1. The van der Waals surface area contributed by atoms with Crippen LogP contribution in [0.3, 0.4) is 0 Å². The van der Waals surface area contributed by atoms with E-state index in [2.05, 4.69) is 4.98 Å². The number of halogens is 2. The number of esters is 1. The first-order valence-corrected chi connectivity index (χ1v) is 11.1. The summed E-state index contributed by atoms with van der Waals surface area (Å²) >= 11 is 0. The molecule has 0 bridgehead atoms. The Morgan fingerprint density at radius 1 is 1.18 bits per heavy atom. The second-order valence-corrected chi connectivity index (χ2v) is 8.70. The summed E-state index contributed by atoms with van der Waals surface area (Å²) in [7, 11) is 1.54. The molecule has 1 unspecified atom stereocenters. The zero-order chi connectivity index (χ0) is 24.3. The molecule has 2 aromatic rings. The summed E-state index contributed by atoms with van der Waals surface area (Å²) in [6.45, 7) is 6.49. The molecule has 1 aliphatic rings. The zero-order valence-corrected chi connectivity index (χ0v) is 19.4. The number of likely N-dealkylation sites (N-methyl/N-ethyl adjacent to an activating group) is 1. The van der Waals surface area contributed by atoms with Gasteiger partial charge in [0.15, 0.2) is 11.6 Å². The Morgan fingerprint density at radius 3 is 2.42 bits per heavy atom. The molecular formula is C23H30F2N4O4. The van der Waals surface area contributed by atoms with Crippen LogP contribution in [-0.2, 0) is 19.1 Å². The molecule has 1 aliphatic heterocycles. The molecule has 180 valence electrons. The molecule has 1 saturated heterocycles. The maximum absolute atomic E-state index is 13.8. The van der Waals surface area contributed by atoms with Crippen LogP contribution in [0, 0.1) is 23.5 Å². The molecule has 0 radical (unpaired) electrons. The summed E-state index contributed by atoms with van der Waals surface area (Å²) in [6, 6.07) is 1.28. The van der Waals surface area contributed by atoms with Gasteiger partial charge in [0.05, 0.1) is 36.4 Å². The number of piperidine rings is 1. The zero-order valence-electron chi connectivity index (χ0n) is 19.4. The van der Waals surface area contributed by atoms with E-state index in [-0.39, 0.29) is 41.7 Å². The molecule has 0 spiro atoms. The van der Waals surface area contributed by atoms with Crippen molar-refractivity contribution in [3.8, 4) is 0 Å². The lowest BCUT2D eigenvalue weighted by atomic mass is 9.97. The normalized spacial score (nSPS) is 15.7. The lowest BCUT2D eigenvalue weighted by molar-refractivity contribution is -0.151. The van der Waals surface area contributed by atoms with E-state index in [0.717, 1.165) is 12.1 Å². The molecule has 1 aromatic carbocycles. The molecule has 1 aromatic heterocycles. The van der Waals surface area contributed by atoms with Crippen LogP contribution < -0.4 is 0 Å². The van der Waals surface area contributed by atoms with Gasteiger partial charge in [-0.1, -0.05) is 13.8 Å². The highest BCUT2D eigenvalue weighted by Gasteiger charge is 2.32. The smallest absolute Gasteiger partial charge is 0.309 e. The van der Waals surface area contributed by atoms with E-state index in [9.17, 15) is 23.2 Å². The standard InChI is InChI=1S/C23H30F2N4O4/c1-5-33-23(32)15-6-8-28(9-7-15)20(30)12-27(4)22(31)21(14(2)3)29-13-26-18-10-16(24)17(25)11-19(18)29/h10-11,13-15,21H,5-9,12H2,1-4H3. The second kappa shape index (κ2) is 10.3. The average molecular weight is 465 g/mol. The van der Waals surface area contributed by atoms with Crippen LogP contribution in [0.1, 0.15) is 39.7 Å². The van der Waals surface area contributed by atoms with Crippen molar-refractivity contribution in [1.82, 2.24) is 19.4 Å². The highest BCUT2D eigenvalue weighted by atomic mass is 19.2. The molecule has 0 N–H and O–H groups in total. The summed E-state index contributed by atoms with van der Waals surface area (Å²) < 4.78 is 34.0. The van der Waals surface area contributed by atoms with Gasteiger partial charge in [-0.25, -0.2) is 13.8 Å². The van der Waals surface area contributed by atoms with Crippen molar-refractivity contribution in [2.75, 3.05) is 33.3 Å². The van der Waals surface area contributed by atoms with E-state index in [1.807, 2.05) is 13.8 Å². The monoisotopic (exact) mass is 464 g/mol. The van der Waals surface area contributed by atoms with Gasteiger partial charge >= 0.3 is 5.97 Å². The number of rotatable bonds is 7. The molecule has 2 amide bonds. The quantitative estimate of drug-likeness (QED) is 0.589. The predicted octanol–water partition coefficient (Wildman–Crippen LogP) is 2.77. The van der Waals surface area contributed by atoms with E-state index in [4.69, 9.17) is 4.74 Å². The van der Waals surface area contributed by atoms with Crippen molar-refractivity contribution in [2.45, 2.75) is 39.7 Å². The molecule has 2 heterocycles. The molecule has 0 aliphatic carbocycles. The molecule has 10 heteroatoms. The van der Waals surface area contributed by atoms with Crippen LogP contribution in [0.25, 0.3) is 11.0 Å². The minimum absolute atomic E-state index is 0.123. The van der Waals surface area contributed by atoms with Gasteiger partial charge in [-0.3, -0.25) is 14.4 Å². The molecular weight excluding hydrogens is 434 g/mol. The first kappa shape index (κ1) is 24.6. The molecule has 1 fully saturated rings. The summed E-state index contributed by atoms with van der Waals surface area (Å²) in [5.41, 5.74) is 0.553. The molecule has 33 heavy (non-hydrogen) atoms. The molecule has 8 nitrogen and oxygen atoms in total. The van der Waals surface area contributed by atoms with Gasteiger partial charge in [0.25, 0.3) is 0 Å². The SMILES string of the molecule is CCOC(=O)C1CCN(C(=O)CN(C)C(=O)C(C(C)C)n2cnc3cc(F)c(F)cc32)CC1. The van der Waals surface area contributed by atoms with Gasteiger partial charge in [0, 0.05) is 32.3 Å². The topological polar surface area (TPSA) is 84.7 Å². The first-order chi connectivity index (χ1) is 15.6. The van der Waals surface area contributed by atoms with E-state index in [0.29, 0.717) is 38.1 Å². The summed E-state index contributed by atoms with van der Waals surface area (Å²) in [5, 5.41) is 0. The molecule has 0 saturated carbocycles. The van der Waals surface area contributed by atoms with Crippen LogP contribution in [-0.4, -0.2) is 70.4 Å². The summed E-state index contributed by atoms with van der Waals surface area (Å²) in [5.74, 6) is -3.20. The predicted molar refractivity (Wildman–Crippen MR) is 117 cm³/mol. The number of aromatic nitrogens is 2. The largest absolute Gasteiger partial charge is 0.466 e. The number of amides is 2. The van der Waals surface area contributed by atoms with Crippen molar-refractivity contribution >= 4 is 28.8 Å². The fourth-order valence-electron chi connectivity index (χ4n) is 4.20. The number of hydrogen-bond acceptors (Lipinski definition) is 5. The second-order valence-electron chi connectivity index (χ2n) is 8.70. The highest BCUT2D eigenvalue weighted by molar-refractivity contribution is 5.88. The number of nitrogens with zero attached hydrogens (tertiary/aromatic N) is 4. The Kier molecular flexibility index (Phi) is 7.65. The van der Waals surface area contributed by atoms with Crippen LogP contribution in [0.5, 0.6) is 0 Å². The van der Waals surface area contributed by atoms with Crippen molar-refractivity contribution in [3.63, 3.8) is 0 Å². The Labute approximate surface area is 191 Å². The van der Waals surface area contributed by atoms with Gasteiger partial charge in [0.2, 0.25) is 11.8 Å². The number of carbonyl (C=O) groups is 3. The third-order valence-corrected chi connectivity index (χ3v) is 6.02. The summed E-state index contributed by atoms with van der Waals surface area (Å²) in [4.78, 5) is 45.1. The lowest BCUT2D eigenvalue weighted by Crippen LogP contribution is -2.47. The fourth-order valence-corrected chi connectivity index (χ4v) is 4.20. The molecule has 1 atom stereocenters. The lowest BCUT2D eigenvalue weighted by Gasteiger charge is -2.33. The maximum atomic E-state index is 13.8. The highest BCUT2D eigenvalue weighted by Crippen LogP contribution is 2.27. The maximum Gasteiger partial charge on any atom is 0.309 e. The number of ether oxygens (including phenoxy) is 1. The Morgan fingerprint density at radius 2 is 1.82 bits per heavy atom. The van der Waals surface area contributed by atoms with Gasteiger partial charge in [-0.05, 0) is 25.7 Å². The molecule has 3 rings (SSSR count). The van der Waals surface area contributed by atoms with Crippen LogP contribution in [0.15, 0.2) is 18.5 Å². The van der Waals surface area contributed by atoms with Crippen LogP contribution in [0.2, 0.25) is 0 Å².